The van der Waals surface area contributed by atoms with Crippen LogP contribution in [0, 0.1) is 24.2 Å². The van der Waals surface area contributed by atoms with E-state index in [1.807, 2.05) is 31.2 Å². The van der Waals surface area contributed by atoms with E-state index >= 15 is 0 Å². The van der Waals surface area contributed by atoms with Crippen LogP contribution < -0.4 is 10.5 Å². The first-order chi connectivity index (χ1) is 17.3. The number of pyridine rings is 1. The summed E-state index contributed by atoms with van der Waals surface area (Å²) in [4.78, 5) is 31.1. The summed E-state index contributed by atoms with van der Waals surface area (Å²) in [6.07, 6.45) is 4.63. The predicted molar refractivity (Wildman–Crippen MR) is 151 cm³/mol. The third-order valence-electron chi connectivity index (χ3n) is 6.81. The average molecular weight is 541 g/mol. The van der Waals surface area contributed by atoms with Gasteiger partial charge < -0.3 is 4.90 Å². The van der Waals surface area contributed by atoms with Gasteiger partial charge in [0.05, 0.1) is 11.4 Å². The number of halogens is 1. The van der Waals surface area contributed by atoms with Crippen molar-refractivity contribution in [2.24, 2.45) is 5.92 Å². The second kappa shape index (κ2) is 11.2. The second-order valence-corrected chi connectivity index (χ2v) is 11.4. The zero-order valence-electron chi connectivity index (χ0n) is 20.7. The molecular formula is C27H29ClN4O2S2. The molecule has 0 aliphatic carbocycles. The van der Waals surface area contributed by atoms with Crippen molar-refractivity contribution in [1.82, 2.24) is 9.47 Å². The number of hydrogen-bond acceptors (Lipinski definition) is 6. The van der Waals surface area contributed by atoms with Crippen LogP contribution in [-0.4, -0.2) is 32.8 Å². The van der Waals surface area contributed by atoms with Crippen LogP contribution in [0.15, 0.2) is 34.0 Å². The number of thioether (sulfide) groups is 1. The monoisotopic (exact) mass is 540 g/mol. The summed E-state index contributed by atoms with van der Waals surface area (Å²) in [7, 11) is 0. The molecule has 0 N–H and O–H groups in total. The fraction of sp³-hybridized carbons (Fsp3) is 0.407. The maximum atomic E-state index is 13.5. The molecule has 36 heavy (non-hydrogen) atoms. The van der Waals surface area contributed by atoms with Gasteiger partial charge in [0, 0.05) is 30.2 Å². The third-order valence-corrected chi connectivity index (χ3v) is 8.56. The summed E-state index contributed by atoms with van der Waals surface area (Å²) in [5.74, 6) is 1.22. The lowest BCUT2D eigenvalue weighted by Gasteiger charge is -2.35. The van der Waals surface area contributed by atoms with Crippen LogP contribution >= 0.6 is 35.6 Å². The molecule has 1 amide bonds. The Bertz CT molecular complexity index is 1340. The van der Waals surface area contributed by atoms with E-state index in [9.17, 15) is 14.9 Å². The predicted octanol–water partition coefficient (Wildman–Crippen LogP) is 5.73. The van der Waals surface area contributed by atoms with Crippen molar-refractivity contribution in [2.75, 3.05) is 18.0 Å². The van der Waals surface area contributed by atoms with Crippen molar-refractivity contribution in [3.63, 3.8) is 0 Å². The van der Waals surface area contributed by atoms with Crippen molar-refractivity contribution in [1.29, 1.82) is 5.26 Å². The first-order valence-corrected chi connectivity index (χ1v) is 13.8. The molecule has 2 fully saturated rings. The van der Waals surface area contributed by atoms with Gasteiger partial charge in [-0.05, 0) is 55.4 Å². The number of aromatic nitrogens is 1. The minimum absolute atomic E-state index is 0.121. The summed E-state index contributed by atoms with van der Waals surface area (Å²) >= 11 is 13.1. The van der Waals surface area contributed by atoms with Gasteiger partial charge in [0.1, 0.15) is 21.8 Å². The molecule has 0 spiro atoms. The minimum Gasteiger partial charge on any atom is -0.357 e. The first kappa shape index (κ1) is 26.5. The topological polar surface area (TPSA) is 69.3 Å². The van der Waals surface area contributed by atoms with E-state index in [0.717, 1.165) is 49.3 Å². The minimum atomic E-state index is -0.270. The number of carbonyl (C=O) groups excluding carboxylic acids is 1. The molecule has 188 valence electrons. The van der Waals surface area contributed by atoms with Gasteiger partial charge in [0.15, 0.2) is 0 Å². The van der Waals surface area contributed by atoms with Crippen molar-refractivity contribution in [3.05, 3.63) is 66.8 Å². The number of hydrogen-bond donors (Lipinski definition) is 0. The number of nitriles is 1. The zero-order valence-corrected chi connectivity index (χ0v) is 23.1. The second-order valence-electron chi connectivity index (χ2n) is 9.33. The molecule has 9 heteroatoms. The molecule has 6 nitrogen and oxygen atoms in total. The molecule has 2 aliphatic rings. The van der Waals surface area contributed by atoms with Gasteiger partial charge in [0.2, 0.25) is 0 Å². The van der Waals surface area contributed by atoms with Crippen molar-refractivity contribution in [2.45, 2.75) is 53.1 Å². The Hall–Kier alpha value is -2.60. The van der Waals surface area contributed by atoms with Crippen molar-refractivity contribution < 1.29 is 4.79 Å². The van der Waals surface area contributed by atoms with Gasteiger partial charge in [-0.2, -0.15) is 5.26 Å². The Morgan fingerprint density at radius 3 is 2.58 bits per heavy atom. The van der Waals surface area contributed by atoms with Gasteiger partial charge in [0.25, 0.3) is 11.5 Å². The maximum Gasteiger partial charge on any atom is 0.270 e. The van der Waals surface area contributed by atoms with Crippen LogP contribution in [-0.2, 0) is 17.9 Å². The molecule has 2 aliphatic heterocycles. The van der Waals surface area contributed by atoms with E-state index in [0.29, 0.717) is 32.3 Å². The summed E-state index contributed by atoms with van der Waals surface area (Å²) in [5.41, 5.74) is 2.01. The Balaban J connectivity index is 1.82. The summed E-state index contributed by atoms with van der Waals surface area (Å²) in [6.45, 7) is 8.49. The molecular weight excluding hydrogens is 512 g/mol. The van der Waals surface area contributed by atoms with Crippen LogP contribution in [0.3, 0.4) is 0 Å². The number of rotatable bonds is 6. The van der Waals surface area contributed by atoms with Gasteiger partial charge in [-0.1, -0.05) is 67.6 Å². The SMILES string of the molecule is CCCn1c(N2CCC(C)CC2)c(C=C2SC(=S)N(Cc3ccccc3Cl)C2=O)c(C)c(C#N)c1=O. The van der Waals surface area contributed by atoms with Crippen molar-refractivity contribution in [3.8, 4) is 6.07 Å². The molecule has 0 radical (unpaired) electrons. The maximum absolute atomic E-state index is 13.5. The van der Waals surface area contributed by atoms with Gasteiger partial charge in [-0.15, -0.1) is 0 Å². The standard InChI is InChI=1S/C27H29ClN4O2S2/c1-4-11-31-24(30-12-9-17(2)10-13-30)20(18(3)21(15-29)25(31)33)14-23-26(34)32(27(35)36-23)16-19-7-5-6-8-22(19)28/h5-8,14,17H,4,9-13,16H2,1-3H3. The highest BCUT2D eigenvalue weighted by atomic mass is 35.5. The highest BCUT2D eigenvalue weighted by molar-refractivity contribution is 8.26. The fourth-order valence-electron chi connectivity index (χ4n) is 4.70. The van der Waals surface area contributed by atoms with E-state index in [4.69, 9.17) is 23.8 Å². The van der Waals surface area contributed by atoms with E-state index in [1.165, 1.54) is 11.8 Å². The van der Waals surface area contributed by atoms with Gasteiger partial charge in [-0.3, -0.25) is 19.1 Å². The van der Waals surface area contributed by atoms with E-state index in [-0.39, 0.29) is 23.6 Å². The van der Waals surface area contributed by atoms with E-state index in [2.05, 4.69) is 17.9 Å². The number of thiocarbonyl (C=S) groups is 1. The van der Waals surface area contributed by atoms with Gasteiger partial charge >= 0.3 is 0 Å². The van der Waals surface area contributed by atoms with Gasteiger partial charge in [-0.25, -0.2) is 0 Å². The van der Waals surface area contributed by atoms with Crippen LogP contribution in [0.5, 0.6) is 0 Å². The Labute approximate surface area is 226 Å². The Morgan fingerprint density at radius 2 is 1.94 bits per heavy atom. The molecule has 0 bridgehead atoms. The molecule has 1 aromatic carbocycles. The van der Waals surface area contributed by atoms with Crippen LogP contribution in [0.1, 0.15) is 55.4 Å². The molecule has 4 rings (SSSR count). The number of piperidine rings is 1. The Kier molecular flexibility index (Phi) is 8.23. The quantitative estimate of drug-likeness (QED) is 0.344. The average Bonchev–Trinajstić information content (AvgIpc) is 3.12. The van der Waals surface area contributed by atoms with Crippen LogP contribution in [0.2, 0.25) is 5.02 Å². The highest BCUT2D eigenvalue weighted by Crippen LogP contribution is 2.37. The summed E-state index contributed by atoms with van der Waals surface area (Å²) in [6, 6.07) is 9.51. The lowest BCUT2D eigenvalue weighted by atomic mass is 9.97. The molecule has 2 saturated heterocycles. The molecule has 1 aromatic heterocycles. The molecule has 0 atom stereocenters. The van der Waals surface area contributed by atoms with E-state index in [1.54, 1.807) is 22.5 Å². The first-order valence-electron chi connectivity index (χ1n) is 12.2. The number of benzene rings is 1. The molecule has 2 aromatic rings. The number of carbonyl (C=O) groups is 1. The zero-order chi connectivity index (χ0) is 26.0. The summed E-state index contributed by atoms with van der Waals surface area (Å²) < 4.78 is 2.18. The third kappa shape index (κ3) is 5.10. The largest absolute Gasteiger partial charge is 0.357 e. The van der Waals surface area contributed by atoms with Crippen molar-refractivity contribution >= 4 is 57.7 Å². The highest BCUT2D eigenvalue weighted by Gasteiger charge is 2.34. The molecule has 0 unspecified atom stereocenters. The van der Waals surface area contributed by atoms with E-state index < -0.39 is 0 Å². The number of nitrogens with zero attached hydrogens (tertiary/aromatic N) is 4. The lowest BCUT2D eigenvalue weighted by Crippen LogP contribution is -2.39. The Morgan fingerprint density at radius 1 is 1.25 bits per heavy atom. The molecule has 3 heterocycles. The number of amides is 1. The summed E-state index contributed by atoms with van der Waals surface area (Å²) in [5, 5.41) is 10.4. The smallest absolute Gasteiger partial charge is 0.270 e. The fourth-order valence-corrected chi connectivity index (χ4v) is 6.13. The van der Waals surface area contributed by atoms with Crippen LogP contribution in [0.4, 0.5) is 5.82 Å². The lowest BCUT2D eigenvalue weighted by molar-refractivity contribution is -0.122. The molecule has 0 saturated carbocycles. The number of anilines is 1. The van der Waals surface area contributed by atoms with Crippen LogP contribution in [0.25, 0.3) is 6.08 Å². The normalized spacial score (nSPS) is 17.8.